The van der Waals surface area contributed by atoms with Gasteiger partial charge in [0.25, 0.3) is 5.89 Å². The molecular formula is C13H15N5O. The Morgan fingerprint density at radius 2 is 2.16 bits per heavy atom. The molecule has 98 valence electrons. The van der Waals surface area contributed by atoms with Crippen LogP contribution in [0.2, 0.25) is 0 Å². The van der Waals surface area contributed by atoms with Gasteiger partial charge < -0.3 is 4.52 Å². The van der Waals surface area contributed by atoms with Gasteiger partial charge in [0.1, 0.15) is 11.8 Å². The van der Waals surface area contributed by atoms with Crippen molar-refractivity contribution in [2.24, 2.45) is 5.92 Å². The average molecular weight is 257 g/mol. The van der Waals surface area contributed by atoms with Crippen molar-refractivity contribution in [1.82, 2.24) is 20.3 Å². The molecule has 1 saturated carbocycles. The number of H-pyrrole nitrogens is 1. The Morgan fingerprint density at radius 3 is 2.89 bits per heavy atom. The number of nitriles is 1. The highest BCUT2D eigenvalue weighted by molar-refractivity contribution is 5.59. The van der Waals surface area contributed by atoms with Gasteiger partial charge in [0, 0.05) is 5.92 Å². The second-order valence-electron chi connectivity index (χ2n) is 5.19. The predicted octanol–water partition coefficient (Wildman–Crippen LogP) is 2.63. The van der Waals surface area contributed by atoms with Crippen LogP contribution >= 0.6 is 0 Å². The first-order valence-electron chi connectivity index (χ1n) is 6.55. The molecule has 1 fully saturated rings. The number of nitrogens with one attached hydrogen (secondary N) is 1. The fourth-order valence-corrected chi connectivity index (χ4v) is 2.56. The molecule has 1 aliphatic carbocycles. The van der Waals surface area contributed by atoms with Gasteiger partial charge in [-0.15, -0.1) is 0 Å². The van der Waals surface area contributed by atoms with Crippen LogP contribution in [-0.2, 0) is 0 Å². The summed E-state index contributed by atoms with van der Waals surface area (Å²) in [5.41, 5.74) is 0.929. The van der Waals surface area contributed by atoms with E-state index < -0.39 is 0 Å². The van der Waals surface area contributed by atoms with Crippen molar-refractivity contribution in [3.05, 3.63) is 17.7 Å². The number of hydrogen-bond acceptors (Lipinski definition) is 5. The van der Waals surface area contributed by atoms with Crippen LogP contribution in [0.4, 0.5) is 0 Å². The predicted molar refractivity (Wildman–Crippen MR) is 67.0 cm³/mol. The monoisotopic (exact) mass is 257 g/mol. The molecule has 0 aromatic carbocycles. The summed E-state index contributed by atoms with van der Waals surface area (Å²) in [6, 6.07) is 2.02. The van der Waals surface area contributed by atoms with Crippen LogP contribution in [0.15, 0.2) is 10.7 Å². The van der Waals surface area contributed by atoms with E-state index in [9.17, 15) is 0 Å². The fraction of sp³-hybridized carbons (Fsp3) is 0.538. The Hall–Kier alpha value is -2.16. The van der Waals surface area contributed by atoms with Crippen LogP contribution in [0.1, 0.15) is 50.0 Å². The van der Waals surface area contributed by atoms with E-state index in [0.29, 0.717) is 23.1 Å². The highest BCUT2D eigenvalue weighted by Crippen LogP contribution is 2.34. The van der Waals surface area contributed by atoms with Gasteiger partial charge in [-0.3, -0.25) is 5.10 Å². The maximum absolute atomic E-state index is 8.94. The minimum absolute atomic E-state index is 0.354. The molecule has 0 spiro atoms. The molecule has 0 unspecified atom stereocenters. The van der Waals surface area contributed by atoms with Crippen LogP contribution in [0, 0.1) is 17.2 Å². The summed E-state index contributed by atoms with van der Waals surface area (Å²) in [4.78, 5) is 4.42. The number of aromatic nitrogens is 4. The van der Waals surface area contributed by atoms with Crippen LogP contribution in [-0.4, -0.2) is 20.3 Å². The van der Waals surface area contributed by atoms with Crippen LogP contribution in [0.3, 0.4) is 0 Å². The van der Waals surface area contributed by atoms with Gasteiger partial charge in [-0.25, -0.2) is 0 Å². The van der Waals surface area contributed by atoms with Gasteiger partial charge in [0.05, 0.1) is 11.8 Å². The molecule has 0 aliphatic heterocycles. The first-order valence-corrected chi connectivity index (χ1v) is 6.55. The highest BCUT2D eigenvalue weighted by atomic mass is 16.5. The van der Waals surface area contributed by atoms with E-state index in [0.717, 1.165) is 24.6 Å². The lowest BCUT2D eigenvalue weighted by Crippen LogP contribution is -2.11. The van der Waals surface area contributed by atoms with Gasteiger partial charge in [-0.1, -0.05) is 24.9 Å². The molecule has 0 bridgehead atoms. The van der Waals surface area contributed by atoms with Crippen molar-refractivity contribution in [2.45, 2.75) is 38.5 Å². The van der Waals surface area contributed by atoms with Crippen molar-refractivity contribution < 1.29 is 4.52 Å². The van der Waals surface area contributed by atoms with Gasteiger partial charge >= 0.3 is 0 Å². The molecule has 2 aromatic heterocycles. The number of nitrogens with zero attached hydrogens (tertiary/aromatic N) is 4. The van der Waals surface area contributed by atoms with Crippen LogP contribution in [0.5, 0.6) is 0 Å². The van der Waals surface area contributed by atoms with E-state index in [4.69, 9.17) is 9.78 Å². The third-order valence-corrected chi connectivity index (χ3v) is 3.80. The molecular weight excluding hydrogens is 242 g/mol. The molecule has 3 rings (SSSR count). The normalized spacial score (nSPS) is 23.2. The highest BCUT2D eigenvalue weighted by Gasteiger charge is 2.25. The molecule has 0 radical (unpaired) electrons. The van der Waals surface area contributed by atoms with Crippen LogP contribution < -0.4 is 0 Å². The molecule has 2 aromatic rings. The minimum atomic E-state index is 0.354. The summed E-state index contributed by atoms with van der Waals surface area (Å²) in [6.07, 6.45) is 6.18. The summed E-state index contributed by atoms with van der Waals surface area (Å²) in [6.45, 7) is 2.28. The standard InChI is InChI=1S/C13H15N5O/c1-8-2-4-9(5-3-8)12-16-13(19-18-12)10-7-15-17-11(10)6-14/h7-9H,2-5H2,1H3,(H,15,17). The van der Waals surface area contributed by atoms with E-state index in [-0.39, 0.29) is 0 Å². The zero-order valence-corrected chi connectivity index (χ0v) is 10.8. The minimum Gasteiger partial charge on any atom is -0.334 e. The maximum atomic E-state index is 8.94. The first kappa shape index (κ1) is 11.9. The van der Waals surface area contributed by atoms with E-state index in [2.05, 4.69) is 27.3 Å². The maximum Gasteiger partial charge on any atom is 0.262 e. The SMILES string of the molecule is CC1CCC(c2noc(-c3cn[nH]c3C#N)n2)CC1. The Balaban J connectivity index is 1.82. The lowest BCUT2D eigenvalue weighted by atomic mass is 9.83. The number of rotatable bonds is 2. The van der Waals surface area contributed by atoms with Crippen molar-refractivity contribution in [3.8, 4) is 17.5 Å². The van der Waals surface area contributed by atoms with Crippen molar-refractivity contribution in [1.29, 1.82) is 5.26 Å². The number of aromatic amines is 1. The molecule has 6 nitrogen and oxygen atoms in total. The summed E-state index contributed by atoms with van der Waals surface area (Å²) in [7, 11) is 0. The molecule has 0 saturated heterocycles. The number of hydrogen-bond donors (Lipinski definition) is 1. The van der Waals surface area contributed by atoms with Crippen molar-refractivity contribution in [2.75, 3.05) is 0 Å². The first-order chi connectivity index (χ1) is 9.28. The Bertz CT molecular complexity index is 601. The van der Waals surface area contributed by atoms with Gasteiger partial charge in [0.2, 0.25) is 0 Å². The summed E-state index contributed by atoms with van der Waals surface area (Å²) >= 11 is 0. The van der Waals surface area contributed by atoms with Gasteiger partial charge in [0.15, 0.2) is 5.82 Å². The van der Waals surface area contributed by atoms with E-state index in [1.807, 2.05) is 6.07 Å². The second-order valence-corrected chi connectivity index (χ2v) is 5.19. The van der Waals surface area contributed by atoms with E-state index >= 15 is 0 Å². The molecule has 6 heteroatoms. The molecule has 0 amide bonds. The van der Waals surface area contributed by atoms with Gasteiger partial charge in [-0.05, 0) is 18.8 Å². The molecule has 1 N–H and O–H groups in total. The summed E-state index contributed by atoms with van der Waals surface area (Å²) in [5, 5.41) is 19.4. The quantitative estimate of drug-likeness (QED) is 0.892. The third-order valence-electron chi connectivity index (χ3n) is 3.80. The zero-order chi connectivity index (χ0) is 13.2. The lowest BCUT2D eigenvalue weighted by Gasteiger charge is -2.23. The molecule has 2 heterocycles. The summed E-state index contributed by atoms with van der Waals surface area (Å²) in [5.74, 6) is 2.30. The van der Waals surface area contributed by atoms with E-state index in [1.54, 1.807) is 6.20 Å². The van der Waals surface area contributed by atoms with Crippen molar-refractivity contribution >= 4 is 0 Å². The Kier molecular flexibility index (Phi) is 3.03. The second kappa shape index (κ2) is 4.84. The zero-order valence-electron chi connectivity index (χ0n) is 10.8. The Morgan fingerprint density at radius 1 is 1.37 bits per heavy atom. The van der Waals surface area contributed by atoms with Crippen LogP contribution in [0.25, 0.3) is 11.5 Å². The molecule has 1 aliphatic rings. The average Bonchev–Trinajstić information content (AvgIpc) is 3.07. The summed E-state index contributed by atoms with van der Waals surface area (Å²) < 4.78 is 5.26. The van der Waals surface area contributed by atoms with Crippen molar-refractivity contribution in [3.63, 3.8) is 0 Å². The topological polar surface area (TPSA) is 91.4 Å². The largest absolute Gasteiger partial charge is 0.334 e. The smallest absolute Gasteiger partial charge is 0.262 e. The van der Waals surface area contributed by atoms with E-state index in [1.165, 1.54) is 12.8 Å². The molecule has 0 atom stereocenters. The Labute approximate surface area is 110 Å². The fourth-order valence-electron chi connectivity index (χ4n) is 2.56. The van der Waals surface area contributed by atoms with Gasteiger partial charge in [-0.2, -0.15) is 15.3 Å². The lowest BCUT2D eigenvalue weighted by molar-refractivity contribution is 0.329. The molecule has 19 heavy (non-hydrogen) atoms. The third kappa shape index (κ3) is 2.24.